The van der Waals surface area contributed by atoms with Gasteiger partial charge in [0.1, 0.15) is 11.5 Å². The molecule has 0 aliphatic carbocycles. The van der Waals surface area contributed by atoms with Gasteiger partial charge in [-0.15, -0.1) is 0 Å². The number of urea groups is 1. The standard InChI is InChI=1S/C20H23N5O2/c1-15-5-3-6-16(13-15)24-8-10-25(11-9-24)20(26)21-19-14-17(22-23(19)2)18-7-4-12-27-18/h3-7,12-14H,8-11H2,1-2H3,(H,21,26). The highest BCUT2D eigenvalue weighted by Crippen LogP contribution is 2.22. The molecule has 140 valence electrons. The number of benzene rings is 1. The summed E-state index contributed by atoms with van der Waals surface area (Å²) in [7, 11) is 1.80. The van der Waals surface area contributed by atoms with Gasteiger partial charge in [-0.25, -0.2) is 4.79 Å². The van der Waals surface area contributed by atoms with Crippen molar-refractivity contribution in [3.63, 3.8) is 0 Å². The Kier molecular flexibility index (Phi) is 4.58. The SMILES string of the molecule is Cc1cccc(N2CCN(C(=O)Nc3cc(-c4ccco4)nn3C)CC2)c1. The van der Waals surface area contributed by atoms with E-state index in [1.54, 1.807) is 18.0 Å². The number of rotatable bonds is 3. The van der Waals surface area contributed by atoms with Gasteiger partial charge in [-0.1, -0.05) is 12.1 Å². The van der Waals surface area contributed by atoms with Crippen LogP contribution in [-0.4, -0.2) is 46.9 Å². The molecule has 1 aliphatic rings. The fourth-order valence-electron chi connectivity index (χ4n) is 3.31. The van der Waals surface area contributed by atoms with Gasteiger partial charge in [0.25, 0.3) is 0 Å². The fraction of sp³-hybridized carbons (Fsp3) is 0.300. The number of hydrogen-bond acceptors (Lipinski definition) is 4. The number of nitrogens with zero attached hydrogens (tertiary/aromatic N) is 4. The molecule has 1 fully saturated rings. The molecule has 0 saturated carbocycles. The number of aryl methyl sites for hydroxylation is 2. The number of piperazine rings is 1. The Balaban J connectivity index is 1.37. The average Bonchev–Trinajstić information content (AvgIpc) is 3.32. The van der Waals surface area contributed by atoms with Crippen molar-refractivity contribution in [2.45, 2.75) is 6.92 Å². The van der Waals surface area contributed by atoms with Crippen molar-refractivity contribution in [1.29, 1.82) is 0 Å². The third-order valence-electron chi connectivity index (χ3n) is 4.82. The molecule has 0 unspecified atom stereocenters. The summed E-state index contributed by atoms with van der Waals surface area (Å²) in [5, 5.41) is 7.35. The van der Waals surface area contributed by atoms with E-state index < -0.39 is 0 Å². The lowest BCUT2D eigenvalue weighted by Gasteiger charge is -2.36. The molecular formula is C20H23N5O2. The lowest BCUT2D eigenvalue weighted by Crippen LogP contribution is -2.50. The molecule has 1 aliphatic heterocycles. The van der Waals surface area contributed by atoms with Crippen LogP contribution < -0.4 is 10.2 Å². The van der Waals surface area contributed by atoms with Crippen LogP contribution >= 0.6 is 0 Å². The molecule has 7 heteroatoms. The van der Waals surface area contributed by atoms with Gasteiger partial charge in [0.2, 0.25) is 0 Å². The first-order valence-corrected chi connectivity index (χ1v) is 9.05. The van der Waals surface area contributed by atoms with Gasteiger partial charge < -0.3 is 14.2 Å². The molecule has 7 nitrogen and oxygen atoms in total. The normalized spacial score (nSPS) is 14.4. The average molecular weight is 365 g/mol. The molecule has 0 bridgehead atoms. The van der Waals surface area contributed by atoms with E-state index in [1.165, 1.54) is 11.3 Å². The highest BCUT2D eigenvalue weighted by atomic mass is 16.3. The van der Waals surface area contributed by atoms with E-state index >= 15 is 0 Å². The van der Waals surface area contributed by atoms with E-state index in [1.807, 2.05) is 23.1 Å². The van der Waals surface area contributed by atoms with Gasteiger partial charge in [-0.05, 0) is 36.8 Å². The second kappa shape index (κ2) is 7.19. The van der Waals surface area contributed by atoms with Crippen LogP contribution in [0.4, 0.5) is 16.3 Å². The van der Waals surface area contributed by atoms with Crippen molar-refractivity contribution in [2.75, 3.05) is 36.4 Å². The zero-order chi connectivity index (χ0) is 18.8. The first-order valence-electron chi connectivity index (χ1n) is 9.05. The van der Waals surface area contributed by atoms with Crippen LogP contribution in [0.2, 0.25) is 0 Å². The highest BCUT2D eigenvalue weighted by Gasteiger charge is 2.22. The monoisotopic (exact) mass is 365 g/mol. The summed E-state index contributed by atoms with van der Waals surface area (Å²) in [6, 6.07) is 13.8. The summed E-state index contributed by atoms with van der Waals surface area (Å²) < 4.78 is 7.02. The fourth-order valence-corrected chi connectivity index (χ4v) is 3.31. The molecule has 1 aromatic carbocycles. The van der Waals surface area contributed by atoms with E-state index in [0.29, 0.717) is 30.4 Å². The van der Waals surface area contributed by atoms with Crippen LogP contribution in [0.15, 0.2) is 53.1 Å². The number of anilines is 2. The summed E-state index contributed by atoms with van der Waals surface area (Å²) in [5.74, 6) is 1.32. The molecule has 0 atom stereocenters. The van der Waals surface area contributed by atoms with Crippen LogP contribution in [0.3, 0.4) is 0 Å². The minimum absolute atomic E-state index is 0.104. The second-order valence-electron chi connectivity index (χ2n) is 6.76. The van der Waals surface area contributed by atoms with Crippen molar-refractivity contribution < 1.29 is 9.21 Å². The maximum absolute atomic E-state index is 12.6. The molecule has 3 aromatic rings. The zero-order valence-corrected chi connectivity index (χ0v) is 15.6. The minimum Gasteiger partial charge on any atom is -0.463 e. The van der Waals surface area contributed by atoms with E-state index in [-0.39, 0.29) is 6.03 Å². The molecule has 2 aromatic heterocycles. The van der Waals surface area contributed by atoms with Crippen molar-refractivity contribution in [3.8, 4) is 11.5 Å². The third kappa shape index (κ3) is 3.67. The number of hydrogen-bond donors (Lipinski definition) is 1. The summed E-state index contributed by atoms with van der Waals surface area (Å²) in [5.41, 5.74) is 3.16. The van der Waals surface area contributed by atoms with E-state index in [0.717, 1.165) is 13.1 Å². The van der Waals surface area contributed by atoms with Crippen LogP contribution in [-0.2, 0) is 7.05 Å². The Morgan fingerprint density at radius 1 is 1.11 bits per heavy atom. The van der Waals surface area contributed by atoms with Gasteiger partial charge >= 0.3 is 6.03 Å². The molecule has 4 rings (SSSR count). The molecular weight excluding hydrogens is 342 g/mol. The predicted molar refractivity (Wildman–Crippen MR) is 105 cm³/mol. The summed E-state index contributed by atoms with van der Waals surface area (Å²) in [6.07, 6.45) is 1.61. The Bertz CT molecular complexity index is 924. The summed E-state index contributed by atoms with van der Waals surface area (Å²) in [4.78, 5) is 16.8. The van der Waals surface area contributed by atoms with Gasteiger partial charge in [0.05, 0.1) is 6.26 Å². The minimum atomic E-state index is -0.104. The van der Waals surface area contributed by atoms with Crippen LogP contribution in [0.1, 0.15) is 5.56 Å². The Hall–Kier alpha value is -3.22. The number of carbonyl (C=O) groups excluding carboxylic acids is 1. The lowest BCUT2D eigenvalue weighted by molar-refractivity contribution is 0.208. The zero-order valence-electron chi connectivity index (χ0n) is 15.6. The first kappa shape index (κ1) is 17.2. The van der Waals surface area contributed by atoms with Gasteiger partial charge in [0, 0.05) is 45.0 Å². The van der Waals surface area contributed by atoms with E-state index in [4.69, 9.17) is 4.42 Å². The maximum atomic E-state index is 12.6. The number of amides is 2. The smallest absolute Gasteiger partial charge is 0.323 e. The predicted octanol–water partition coefficient (Wildman–Crippen LogP) is 3.34. The Labute approximate surface area is 158 Å². The van der Waals surface area contributed by atoms with Crippen molar-refractivity contribution in [1.82, 2.24) is 14.7 Å². The molecule has 1 saturated heterocycles. The topological polar surface area (TPSA) is 66.5 Å². The third-order valence-corrected chi connectivity index (χ3v) is 4.82. The van der Waals surface area contributed by atoms with Gasteiger partial charge in [0.15, 0.2) is 5.76 Å². The van der Waals surface area contributed by atoms with Crippen molar-refractivity contribution >= 4 is 17.5 Å². The van der Waals surface area contributed by atoms with Crippen LogP contribution in [0.5, 0.6) is 0 Å². The van der Waals surface area contributed by atoms with E-state index in [2.05, 4.69) is 46.5 Å². The second-order valence-corrected chi connectivity index (χ2v) is 6.76. The number of aromatic nitrogens is 2. The largest absolute Gasteiger partial charge is 0.463 e. The number of nitrogens with one attached hydrogen (secondary N) is 1. The van der Waals surface area contributed by atoms with Gasteiger partial charge in [-0.3, -0.25) is 10.00 Å². The van der Waals surface area contributed by atoms with Gasteiger partial charge in [-0.2, -0.15) is 5.10 Å². The molecule has 3 heterocycles. The summed E-state index contributed by atoms with van der Waals surface area (Å²) >= 11 is 0. The highest BCUT2D eigenvalue weighted by molar-refractivity contribution is 5.89. The molecule has 2 amide bonds. The Morgan fingerprint density at radius 3 is 2.63 bits per heavy atom. The molecule has 0 spiro atoms. The molecule has 27 heavy (non-hydrogen) atoms. The number of furan rings is 1. The van der Waals surface area contributed by atoms with Crippen molar-refractivity contribution in [2.24, 2.45) is 7.05 Å². The number of carbonyl (C=O) groups is 1. The maximum Gasteiger partial charge on any atom is 0.323 e. The summed E-state index contributed by atoms with van der Waals surface area (Å²) in [6.45, 7) is 5.10. The molecule has 1 N–H and O–H groups in total. The van der Waals surface area contributed by atoms with Crippen molar-refractivity contribution in [3.05, 3.63) is 54.3 Å². The Morgan fingerprint density at radius 2 is 1.93 bits per heavy atom. The first-order chi connectivity index (χ1) is 13.1. The van der Waals surface area contributed by atoms with Crippen LogP contribution in [0, 0.1) is 6.92 Å². The van der Waals surface area contributed by atoms with Crippen LogP contribution in [0.25, 0.3) is 11.5 Å². The lowest BCUT2D eigenvalue weighted by atomic mass is 10.2. The quantitative estimate of drug-likeness (QED) is 0.773. The molecule has 0 radical (unpaired) electrons. The van der Waals surface area contributed by atoms with E-state index in [9.17, 15) is 4.79 Å².